The van der Waals surface area contributed by atoms with Gasteiger partial charge in [0.2, 0.25) is 10.0 Å². The van der Waals surface area contributed by atoms with Gasteiger partial charge in [0.15, 0.2) is 0 Å². The first-order valence-corrected chi connectivity index (χ1v) is 10.1. The van der Waals surface area contributed by atoms with Gasteiger partial charge in [-0.3, -0.25) is 9.88 Å². The molecule has 2 aromatic rings. The lowest BCUT2D eigenvalue weighted by Crippen LogP contribution is -2.30. The maximum absolute atomic E-state index is 11.5. The minimum absolute atomic E-state index is 0.241. The largest absolute Gasteiger partial charge is 0.463 e. The van der Waals surface area contributed by atoms with Gasteiger partial charge in [0, 0.05) is 31.4 Å². The molecule has 0 aromatic carbocycles. The quantitative estimate of drug-likeness (QED) is 0.719. The molecule has 138 valence electrons. The van der Waals surface area contributed by atoms with E-state index >= 15 is 0 Å². The van der Waals surface area contributed by atoms with Gasteiger partial charge in [-0.25, -0.2) is 8.42 Å². The molecule has 2 rings (SSSR count). The molecular weight excluding hydrogens is 338 g/mol. The molecule has 0 radical (unpaired) electrons. The molecule has 0 saturated heterocycles. The molecule has 0 spiro atoms. The maximum atomic E-state index is 11.5. The number of nitrogens with zero attached hydrogens (tertiary/aromatic N) is 3. The highest BCUT2D eigenvalue weighted by molar-refractivity contribution is 7.88. The van der Waals surface area contributed by atoms with E-state index < -0.39 is 10.0 Å². The number of aryl methyl sites for hydroxylation is 1. The van der Waals surface area contributed by atoms with Crippen molar-refractivity contribution < 1.29 is 12.8 Å². The van der Waals surface area contributed by atoms with E-state index in [0.717, 1.165) is 17.9 Å². The first-order valence-electron chi connectivity index (χ1n) is 8.26. The van der Waals surface area contributed by atoms with Crippen molar-refractivity contribution in [1.82, 2.24) is 14.2 Å². The van der Waals surface area contributed by atoms with E-state index in [1.54, 1.807) is 7.05 Å². The van der Waals surface area contributed by atoms with Crippen molar-refractivity contribution in [3.05, 3.63) is 53.2 Å². The van der Waals surface area contributed by atoms with Gasteiger partial charge in [0.25, 0.3) is 0 Å². The summed E-state index contributed by atoms with van der Waals surface area (Å²) in [6.45, 7) is 5.13. The maximum Gasteiger partial charge on any atom is 0.211 e. The Morgan fingerprint density at radius 2 is 1.80 bits per heavy atom. The highest BCUT2D eigenvalue weighted by Crippen LogP contribution is 2.15. The number of likely N-dealkylation sites (N-methyl/N-ethyl adjacent to an activating group) is 1. The summed E-state index contributed by atoms with van der Waals surface area (Å²) in [6.07, 6.45) is 3.89. The summed E-state index contributed by atoms with van der Waals surface area (Å²) in [4.78, 5) is 6.62. The van der Waals surface area contributed by atoms with Gasteiger partial charge in [0.1, 0.15) is 11.5 Å². The van der Waals surface area contributed by atoms with Crippen molar-refractivity contribution in [2.24, 2.45) is 0 Å². The van der Waals surface area contributed by atoms with E-state index in [1.165, 1.54) is 16.1 Å². The highest BCUT2D eigenvalue weighted by Gasteiger charge is 2.16. The third-order valence-corrected chi connectivity index (χ3v) is 5.56. The number of furan rings is 1. The molecule has 25 heavy (non-hydrogen) atoms. The van der Waals surface area contributed by atoms with Gasteiger partial charge in [-0.2, -0.15) is 4.31 Å². The van der Waals surface area contributed by atoms with Crippen LogP contribution >= 0.6 is 0 Å². The number of sulfonamides is 1. The molecule has 0 saturated carbocycles. The second kappa shape index (κ2) is 8.12. The van der Waals surface area contributed by atoms with Crippen LogP contribution in [0.4, 0.5) is 0 Å². The summed E-state index contributed by atoms with van der Waals surface area (Å²) in [5.74, 6) is 1.47. The Labute approximate surface area is 150 Å². The van der Waals surface area contributed by atoms with Crippen molar-refractivity contribution in [3.63, 3.8) is 0 Å². The van der Waals surface area contributed by atoms with Crippen LogP contribution in [0.25, 0.3) is 0 Å². The lowest BCUT2D eigenvalue weighted by atomic mass is 10.1. The molecular formula is C18H27N3O3S. The van der Waals surface area contributed by atoms with E-state index in [2.05, 4.69) is 29.8 Å². The molecule has 0 bridgehead atoms. The Hall–Kier alpha value is -1.70. The van der Waals surface area contributed by atoms with Gasteiger partial charge in [-0.05, 0) is 50.7 Å². The molecule has 0 unspecified atom stereocenters. The topological polar surface area (TPSA) is 66.7 Å². The van der Waals surface area contributed by atoms with E-state index in [9.17, 15) is 8.42 Å². The van der Waals surface area contributed by atoms with Crippen molar-refractivity contribution in [3.8, 4) is 0 Å². The van der Waals surface area contributed by atoms with Crippen LogP contribution in [0.5, 0.6) is 0 Å². The first-order chi connectivity index (χ1) is 11.6. The van der Waals surface area contributed by atoms with Gasteiger partial charge >= 0.3 is 0 Å². The first kappa shape index (κ1) is 19.6. The average molecular weight is 365 g/mol. The number of hydrogen-bond donors (Lipinski definition) is 0. The number of pyridine rings is 1. The molecule has 1 atom stereocenters. The van der Waals surface area contributed by atoms with Crippen LogP contribution in [-0.4, -0.2) is 49.0 Å². The molecule has 6 nitrogen and oxygen atoms in total. The smallest absolute Gasteiger partial charge is 0.211 e. The SMILES string of the molecule is Cc1ccnc(C[C@@H](C)N(C)Cc2ccc(CN(C)S(C)(=O)=O)o2)c1. The van der Waals surface area contributed by atoms with E-state index in [1.807, 2.05) is 31.4 Å². The standard InChI is InChI=1S/C18H27N3O3S/c1-14-8-9-19-16(10-14)11-15(2)20(3)12-17-6-7-18(24-17)13-21(4)25(5,22)23/h6-10,15H,11-13H2,1-5H3/t15-/m1/s1. The van der Waals surface area contributed by atoms with Crippen molar-refractivity contribution >= 4 is 10.0 Å². The zero-order valence-electron chi connectivity index (χ0n) is 15.6. The fourth-order valence-electron chi connectivity index (χ4n) is 2.50. The third kappa shape index (κ3) is 5.95. The zero-order valence-corrected chi connectivity index (χ0v) is 16.4. The Balaban J connectivity index is 1.93. The summed E-state index contributed by atoms with van der Waals surface area (Å²) in [6, 6.07) is 8.14. The summed E-state index contributed by atoms with van der Waals surface area (Å²) >= 11 is 0. The van der Waals surface area contributed by atoms with Crippen molar-refractivity contribution in [2.75, 3.05) is 20.4 Å². The van der Waals surface area contributed by atoms with Gasteiger partial charge in [0.05, 0.1) is 19.3 Å². The Bertz CT molecular complexity index is 801. The van der Waals surface area contributed by atoms with E-state index in [4.69, 9.17) is 4.42 Å². The van der Waals surface area contributed by atoms with Crippen LogP contribution in [0.1, 0.15) is 29.7 Å². The van der Waals surface area contributed by atoms with Gasteiger partial charge in [-0.1, -0.05) is 0 Å². The molecule has 0 aliphatic rings. The number of hydrogen-bond acceptors (Lipinski definition) is 5. The van der Waals surface area contributed by atoms with Crippen LogP contribution in [0.15, 0.2) is 34.9 Å². The summed E-state index contributed by atoms with van der Waals surface area (Å²) < 4.78 is 30.0. The van der Waals surface area contributed by atoms with Crippen LogP contribution in [-0.2, 0) is 29.5 Å². The normalized spacial score (nSPS) is 13.6. The molecule has 2 aromatic heterocycles. The lowest BCUT2D eigenvalue weighted by molar-refractivity contribution is 0.224. The number of aromatic nitrogens is 1. The molecule has 0 aliphatic carbocycles. The fourth-order valence-corrected chi connectivity index (χ4v) is 2.86. The predicted octanol–water partition coefficient (Wildman–Crippen LogP) is 2.44. The van der Waals surface area contributed by atoms with Crippen LogP contribution in [0.2, 0.25) is 0 Å². The van der Waals surface area contributed by atoms with Crippen LogP contribution in [0, 0.1) is 6.92 Å². The lowest BCUT2D eigenvalue weighted by Gasteiger charge is -2.23. The van der Waals surface area contributed by atoms with Crippen LogP contribution in [0.3, 0.4) is 0 Å². The zero-order chi connectivity index (χ0) is 18.6. The van der Waals surface area contributed by atoms with Crippen molar-refractivity contribution in [1.29, 1.82) is 0 Å². The molecule has 2 heterocycles. The molecule has 0 N–H and O–H groups in total. The minimum Gasteiger partial charge on any atom is -0.463 e. The molecule has 0 fully saturated rings. The average Bonchev–Trinajstić information content (AvgIpc) is 2.93. The Kier molecular flexibility index (Phi) is 6.37. The predicted molar refractivity (Wildman–Crippen MR) is 98.6 cm³/mol. The summed E-state index contributed by atoms with van der Waals surface area (Å²) in [7, 11) is 0.379. The summed E-state index contributed by atoms with van der Waals surface area (Å²) in [5, 5.41) is 0. The number of rotatable bonds is 8. The second-order valence-electron chi connectivity index (χ2n) is 6.68. The van der Waals surface area contributed by atoms with Crippen LogP contribution < -0.4 is 0 Å². The van der Waals surface area contributed by atoms with Crippen molar-refractivity contribution in [2.45, 2.75) is 39.4 Å². The Morgan fingerprint density at radius 1 is 1.16 bits per heavy atom. The minimum atomic E-state index is -3.21. The molecule has 0 amide bonds. The van der Waals surface area contributed by atoms with E-state index in [-0.39, 0.29) is 6.54 Å². The Morgan fingerprint density at radius 3 is 2.40 bits per heavy atom. The van der Waals surface area contributed by atoms with Gasteiger partial charge < -0.3 is 4.42 Å². The molecule has 7 heteroatoms. The fraction of sp³-hybridized carbons (Fsp3) is 0.500. The summed E-state index contributed by atoms with van der Waals surface area (Å²) in [5.41, 5.74) is 2.29. The van der Waals surface area contributed by atoms with Gasteiger partial charge in [-0.15, -0.1) is 0 Å². The highest BCUT2D eigenvalue weighted by atomic mass is 32.2. The third-order valence-electron chi connectivity index (χ3n) is 4.30. The monoisotopic (exact) mass is 365 g/mol. The molecule has 0 aliphatic heterocycles. The second-order valence-corrected chi connectivity index (χ2v) is 8.77. The van der Waals surface area contributed by atoms with E-state index in [0.29, 0.717) is 18.3 Å².